The Balaban J connectivity index is 2.02. The highest BCUT2D eigenvalue weighted by molar-refractivity contribution is 6.35. The second-order valence-electron chi connectivity index (χ2n) is 5.40. The van der Waals surface area contributed by atoms with Crippen molar-refractivity contribution in [3.63, 3.8) is 0 Å². The first-order valence-corrected chi connectivity index (χ1v) is 8.37. The number of amides is 1. The minimum atomic E-state index is -0.309. The van der Waals surface area contributed by atoms with Gasteiger partial charge in [0.15, 0.2) is 6.04 Å². The van der Waals surface area contributed by atoms with Crippen LogP contribution in [0.4, 0.5) is 5.69 Å². The van der Waals surface area contributed by atoms with Gasteiger partial charge in [0.1, 0.15) is 6.04 Å². The third kappa shape index (κ3) is 4.85. The first-order valence-electron chi connectivity index (χ1n) is 7.24. The van der Waals surface area contributed by atoms with Gasteiger partial charge in [-0.05, 0) is 38.1 Å². The van der Waals surface area contributed by atoms with Crippen LogP contribution in [-0.4, -0.2) is 11.9 Å². The summed E-state index contributed by atoms with van der Waals surface area (Å²) in [4.78, 5) is 12.4. The van der Waals surface area contributed by atoms with Crippen molar-refractivity contribution in [3.8, 4) is 0 Å². The molecule has 3 N–H and O–H groups in total. The molecule has 0 heterocycles. The summed E-state index contributed by atoms with van der Waals surface area (Å²) < 4.78 is 0. The van der Waals surface area contributed by atoms with E-state index in [1.807, 2.05) is 43.4 Å². The monoisotopic (exact) mass is 371 g/mol. The molecule has 2 aromatic rings. The molecule has 2 atom stereocenters. The van der Waals surface area contributed by atoms with Gasteiger partial charge in [0.05, 0.1) is 10.7 Å². The molecule has 0 aliphatic rings. The number of benzene rings is 2. The van der Waals surface area contributed by atoms with Gasteiger partial charge >= 0.3 is 0 Å². The molecule has 3 nitrogen and oxygen atoms in total. The van der Waals surface area contributed by atoms with Crippen LogP contribution in [0.25, 0.3) is 0 Å². The minimum Gasteiger partial charge on any atom is -0.330 e. The smallest absolute Gasteiger partial charge is 0.282 e. The molecule has 0 aliphatic heterocycles. The van der Waals surface area contributed by atoms with Gasteiger partial charge < -0.3 is 10.6 Å². The Morgan fingerprint density at radius 3 is 2.43 bits per heavy atom. The highest BCUT2D eigenvalue weighted by Gasteiger charge is 2.22. The summed E-state index contributed by atoms with van der Waals surface area (Å²) in [6, 6.07) is 12.3. The van der Waals surface area contributed by atoms with E-state index in [-0.39, 0.29) is 18.0 Å². The number of carbonyl (C=O) groups is 1. The van der Waals surface area contributed by atoms with Crippen LogP contribution in [0, 0.1) is 0 Å². The molecule has 23 heavy (non-hydrogen) atoms. The molecular formula is C17H18Cl3N2O+. The lowest BCUT2D eigenvalue weighted by molar-refractivity contribution is -0.709. The molecule has 0 unspecified atom stereocenters. The molecule has 2 aromatic carbocycles. The second-order valence-corrected chi connectivity index (χ2v) is 6.66. The number of anilines is 1. The third-order valence-electron chi connectivity index (χ3n) is 3.57. The predicted molar refractivity (Wildman–Crippen MR) is 96.3 cm³/mol. The summed E-state index contributed by atoms with van der Waals surface area (Å²) in [5.74, 6) is -0.145. The molecule has 2 rings (SSSR count). The number of quaternary nitrogens is 1. The zero-order chi connectivity index (χ0) is 17.0. The van der Waals surface area contributed by atoms with E-state index >= 15 is 0 Å². The predicted octanol–water partition coefficient (Wildman–Crippen LogP) is 4.30. The van der Waals surface area contributed by atoms with Crippen molar-refractivity contribution in [2.45, 2.75) is 25.9 Å². The number of carbonyl (C=O) groups excluding carboxylic acids is 1. The molecule has 6 heteroatoms. The topological polar surface area (TPSA) is 45.7 Å². The minimum absolute atomic E-state index is 0.0549. The van der Waals surface area contributed by atoms with Crippen LogP contribution in [0.15, 0.2) is 42.5 Å². The second kappa shape index (κ2) is 8.02. The van der Waals surface area contributed by atoms with Crippen LogP contribution < -0.4 is 10.6 Å². The van der Waals surface area contributed by atoms with Crippen LogP contribution in [0.5, 0.6) is 0 Å². The van der Waals surface area contributed by atoms with Crippen molar-refractivity contribution >= 4 is 46.4 Å². The normalized spacial score (nSPS) is 13.4. The molecular weight excluding hydrogens is 355 g/mol. The highest BCUT2D eigenvalue weighted by atomic mass is 35.5. The lowest BCUT2D eigenvalue weighted by atomic mass is 10.1. The van der Waals surface area contributed by atoms with Crippen molar-refractivity contribution < 1.29 is 10.1 Å². The summed E-state index contributed by atoms with van der Waals surface area (Å²) >= 11 is 18.2. The quantitative estimate of drug-likeness (QED) is 0.807. The fourth-order valence-corrected chi connectivity index (χ4v) is 2.95. The maximum absolute atomic E-state index is 12.4. The number of hydrogen-bond donors (Lipinski definition) is 2. The Morgan fingerprint density at radius 1 is 1.04 bits per heavy atom. The molecule has 0 aromatic heterocycles. The Bertz CT molecular complexity index is 706. The number of hydrogen-bond acceptors (Lipinski definition) is 1. The van der Waals surface area contributed by atoms with Gasteiger partial charge in [-0.2, -0.15) is 0 Å². The van der Waals surface area contributed by atoms with Crippen LogP contribution in [0.3, 0.4) is 0 Å². The molecule has 0 fully saturated rings. The zero-order valence-corrected chi connectivity index (χ0v) is 15.1. The van der Waals surface area contributed by atoms with Crippen molar-refractivity contribution in [2.24, 2.45) is 0 Å². The van der Waals surface area contributed by atoms with Crippen molar-refractivity contribution in [2.75, 3.05) is 5.32 Å². The van der Waals surface area contributed by atoms with Gasteiger partial charge in [0.25, 0.3) is 5.91 Å². The average Bonchev–Trinajstić information content (AvgIpc) is 2.51. The van der Waals surface area contributed by atoms with Gasteiger partial charge in [0.2, 0.25) is 0 Å². The average molecular weight is 373 g/mol. The van der Waals surface area contributed by atoms with E-state index in [0.717, 1.165) is 5.56 Å². The maximum atomic E-state index is 12.4. The number of rotatable bonds is 5. The van der Waals surface area contributed by atoms with Gasteiger partial charge in [-0.3, -0.25) is 4.79 Å². The van der Waals surface area contributed by atoms with E-state index in [9.17, 15) is 4.79 Å². The fourth-order valence-electron chi connectivity index (χ4n) is 2.31. The number of nitrogens with two attached hydrogens (primary N) is 1. The first kappa shape index (κ1) is 18.1. The number of nitrogens with one attached hydrogen (secondary N) is 1. The molecule has 0 spiro atoms. The Labute approximate surface area is 150 Å². The Kier molecular flexibility index (Phi) is 6.31. The molecule has 0 bridgehead atoms. The van der Waals surface area contributed by atoms with Crippen LogP contribution in [0.2, 0.25) is 15.1 Å². The highest BCUT2D eigenvalue weighted by Crippen LogP contribution is 2.25. The summed E-state index contributed by atoms with van der Waals surface area (Å²) in [5.41, 5.74) is 1.50. The molecule has 122 valence electrons. The lowest BCUT2D eigenvalue weighted by Crippen LogP contribution is -2.91. The number of halogens is 3. The Hall–Kier alpha value is -1.26. The standard InChI is InChI=1S/C17H17Cl3N2O/c1-10(13-5-3-4-6-14(13)19)21-11(2)17(23)22-16-9-12(18)7-8-15(16)20/h3-11,21H,1-2H3,(H,22,23)/p+1/t10-,11-/m1/s1. The van der Waals surface area contributed by atoms with Crippen LogP contribution in [0.1, 0.15) is 25.5 Å². The van der Waals surface area contributed by atoms with E-state index in [1.165, 1.54) is 0 Å². The SMILES string of the molecule is C[C@@H]([NH2+][C@H](C)c1ccccc1Cl)C(=O)Nc1cc(Cl)ccc1Cl. The van der Waals surface area contributed by atoms with E-state index in [1.54, 1.807) is 18.2 Å². The summed E-state index contributed by atoms with van der Waals surface area (Å²) in [6.45, 7) is 3.85. The van der Waals surface area contributed by atoms with Crippen LogP contribution in [-0.2, 0) is 4.79 Å². The summed E-state index contributed by atoms with van der Waals surface area (Å²) in [6.07, 6.45) is 0. The van der Waals surface area contributed by atoms with Gasteiger partial charge in [-0.25, -0.2) is 0 Å². The lowest BCUT2D eigenvalue weighted by Gasteiger charge is -2.18. The van der Waals surface area contributed by atoms with Gasteiger partial charge in [-0.1, -0.05) is 53.0 Å². The third-order valence-corrected chi connectivity index (χ3v) is 4.48. The fraction of sp³-hybridized carbons (Fsp3) is 0.235. The van der Waals surface area contributed by atoms with Gasteiger partial charge in [-0.15, -0.1) is 0 Å². The first-order chi connectivity index (χ1) is 10.9. The van der Waals surface area contributed by atoms with Crippen molar-refractivity contribution in [3.05, 3.63) is 63.1 Å². The maximum Gasteiger partial charge on any atom is 0.282 e. The van der Waals surface area contributed by atoms with E-state index in [2.05, 4.69) is 5.32 Å². The molecule has 0 radical (unpaired) electrons. The van der Waals surface area contributed by atoms with Crippen molar-refractivity contribution in [1.29, 1.82) is 0 Å². The van der Waals surface area contributed by atoms with E-state index in [0.29, 0.717) is 20.8 Å². The van der Waals surface area contributed by atoms with Gasteiger partial charge in [0, 0.05) is 15.6 Å². The molecule has 0 saturated heterocycles. The van der Waals surface area contributed by atoms with Crippen LogP contribution >= 0.6 is 34.8 Å². The summed E-state index contributed by atoms with van der Waals surface area (Å²) in [7, 11) is 0. The molecule has 0 saturated carbocycles. The van der Waals surface area contributed by atoms with E-state index in [4.69, 9.17) is 34.8 Å². The van der Waals surface area contributed by atoms with Crippen molar-refractivity contribution in [1.82, 2.24) is 0 Å². The largest absolute Gasteiger partial charge is 0.330 e. The Morgan fingerprint density at radius 2 is 1.74 bits per heavy atom. The zero-order valence-electron chi connectivity index (χ0n) is 12.8. The molecule has 0 aliphatic carbocycles. The van der Waals surface area contributed by atoms with E-state index < -0.39 is 0 Å². The molecule has 1 amide bonds. The summed E-state index contributed by atoms with van der Waals surface area (Å²) in [5, 5.41) is 6.42.